The van der Waals surface area contributed by atoms with Crippen LogP contribution in [0, 0.1) is 29.6 Å². The number of nitrogens with zero attached hydrogens (tertiary/aromatic N) is 1. The fraction of sp³-hybridized carbons (Fsp3) is 0.810. The number of ketones is 2. The second-order valence-corrected chi connectivity index (χ2v) is 16.7. The lowest BCUT2D eigenvalue weighted by Gasteiger charge is -2.38. The fourth-order valence-corrected chi connectivity index (χ4v) is 8.59. The van der Waals surface area contributed by atoms with E-state index in [4.69, 9.17) is 14.2 Å². The average molecular weight is 764 g/mol. The lowest BCUT2D eigenvalue weighted by molar-refractivity contribution is -0.208. The van der Waals surface area contributed by atoms with E-state index in [1.165, 1.54) is 14.0 Å². The minimum absolute atomic E-state index is 0.0467. The van der Waals surface area contributed by atoms with E-state index in [0.29, 0.717) is 56.9 Å². The zero-order valence-corrected chi connectivity index (χ0v) is 34.0. The lowest BCUT2D eigenvalue weighted by Crippen LogP contribution is -2.58. The number of hydrogen-bond acceptors (Lipinski definition) is 11. The van der Waals surface area contributed by atoms with Crippen LogP contribution in [-0.4, -0.2) is 112 Å². The molecule has 3 aliphatic rings. The van der Waals surface area contributed by atoms with Gasteiger partial charge < -0.3 is 39.5 Å². The summed E-state index contributed by atoms with van der Waals surface area (Å²) in [6.07, 6.45) is 7.14. The zero-order chi connectivity index (χ0) is 40.3. The van der Waals surface area contributed by atoms with Gasteiger partial charge in [0.15, 0.2) is 0 Å². The van der Waals surface area contributed by atoms with Crippen LogP contribution in [-0.2, 0) is 33.4 Å². The molecule has 1 saturated heterocycles. The summed E-state index contributed by atoms with van der Waals surface area (Å²) in [6.45, 7) is 11.1. The van der Waals surface area contributed by atoms with Crippen LogP contribution >= 0.6 is 0 Å². The van der Waals surface area contributed by atoms with Crippen molar-refractivity contribution >= 4 is 23.4 Å². The van der Waals surface area contributed by atoms with E-state index < -0.39 is 65.6 Å². The van der Waals surface area contributed by atoms with Gasteiger partial charge in [0.2, 0.25) is 5.79 Å². The molecule has 0 aromatic heterocycles. The molecular formula is C42H69NO11. The van der Waals surface area contributed by atoms with Crippen LogP contribution in [0.1, 0.15) is 125 Å². The van der Waals surface area contributed by atoms with Crippen LogP contribution in [0.4, 0.5) is 0 Å². The molecule has 0 spiro atoms. The third-order valence-corrected chi connectivity index (χ3v) is 12.2. The summed E-state index contributed by atoms with van der Waals surface area (Å²) in [4.78, 5) is 56.2. The first-order valence-electron chi connectivity index (χ1n) is 20.2. The van der Waals surface area contributed by atoms with Crippen molar-refractivity contribution in [1.82, 2.24) is 4.90 Å². The number of rotatable bonds is 5. The Morgan fingerprint density at radius 3 is 2.17 bits per heavy atom. The Bertz CT molecular complexity index is 1320. The minimum Gasteiger partial charge on any atom is -0.456 e. The molecule has 54 heavy (non-hydrogen) atoms. The van der Waals surface area contributed by atoms with Gasteiger partial charge in [0.1, 0.15) is 17.9 Å². The number of aliphatic hydroxyl groups is 4. The van der Waals surface area contributed by atoms with E-state index in [0.717, 1.165) is 23.3 Å². The SMILES string of the molecule is CC[C@@H]1/C=C(\C)C[C@H](C)C[C@H](OC)C[C@@H](OC)C[C@@H](C)C(O)(O)C(=O)C(=O)N2CCCC[C@H]2C(=O)O[C@H](/C(C)=C/[C@H]2CC[C@H](O)CC2)[C@H](C)[C@@H](O)CC1=O. The number of carbonyl (C=O) groups is 4. The van der Waals surface area contributed by atoms with E-state index in [1.807, 2.05) is 32.9 Å². The lowest BCUT2D eigenvalue weighted by atomic mass is 9.83. The summed E-state index contributed by atoms with van der Waals surface area (Å²) >= 11 is 0. The molecule has 0 radical (unpaired) electrons. The number of hydrogen-bond donors (Lipinski definition) is 4. The first-order valence-corrected chi connectivity index (χ1v) is 20.2. The summed E-state index contributed by atoms with van der Waals surface area (Å²) in [7, 11) is 3.11. The van der Waals surface area contributed by atoms with E-state index in [1.54, 1.807) is 14.0 Å². The van der Waals surface area contributed by atoms with Crippen LogP contribution in [0.3, 0.4) is 0 Å². The Morgan fingerprint density at radius 2 is 1.56 bits per heavy atom. The molecule has 0 aromatic carbocycles. The molecule has 1 amide bonds. The standard InChI is InChI=1S/C42H69NO11/c1-9-31-19-25(2)18-26(3)20-33(52-7)23-34(53-8)22-28(5)42(50,51)39(47)40(48)43-17-11-10-12-35(43)41(49)54-38(29(6)36(45)24-37(31)46)27(4)21-30-13-15-32(44)16-14-30/h19,21,26,28-36,38,44-45,50-51H,9-18,20,22-24H2,1-8H3/b25-19+,27-21+/t26-,28+,29+,30-,31+,32-,33-,34-,35-,36-,38+/m0/s1. The summed E-state index contributed by atoms with van der Waals surface area (Å²) in [5.41, 5.74) is 1.74. The van der Waals surface area contributed by atoms with Crippen LogP contribution in [0.2, 0.25) is 0 Å². The Kier molecular flexibility index (Phi) is 18.0. The smallest absolute Gasteiger partial charge is 0.329 e. The van der Waals surface area contributed by atoms with Crippen molar-refractivity contribution in [3.05, 3.63) is 23.3 Å². The average Bonchev–Trinajstić information content (AvgIpc) is 3.14. The Labute approximate surface area is 322 Å². The molecule has 2 fully saturated rings. The third-order valence-electron chi connectivity index (χ3n) is 12.2. The first-order chi connectivity index (χ1) is 25.4. The van der Waals surface area contributed by atoms with Gasteiger partial charge in [-0.15, -0.1) is 0 Å². The highest BCUT2D eigenvalue weighted by molar-refractivity contribution is 6.39. The number of Topliss-reactive ketones (excluding diaryl/α,β-unsaturated/α-hetero) is 2. The monoisotopic (exact) mass is 763 g/mol. The number of carbonyl (C=O) groups excluding carboxylic acids is 4. The van der Waals surface area contributed by atoms with Crippen molar-refractivity contribution in [2.24, 2.45) is 29.6 Å². The molecule has 0 aromatic rings. The van der Waals surface area contributed by atoms with Crippen LogP contribution in [0.5, 0.6) is 0 Å². The van der Waals surface area contributed by atoms with Gasteiger partial charge in [0, 0.05) is 44.9 Å². The highest BCUT2D eigenvalue weighted by Gasteiger charge is 2.48. The van der Waals surface area contributed by atoms with Gasteiger partial charge in [-0.25, -0.2) is 4.79 Å². The maximum Gasteiger partial charge on any atom is 0.329 e. The summed E-state index contributed by atoms with van der Waals surface area (Å²) in [5, 5.41) is 44.0. The number of piperidine rings is 1. The van der Waals surface area contributed by atoms with Gasteiger partial charge >= 0.3 is 5.97 Å². The van der Waals surface area contributed by atoms with E-state index in [9.17, 15) is 39.6 Å². The van der Waals surface area contributed by atoms with E-state index in [2.05, 4.69) is 6.92 Å². The quantitative estimate of drug-likeness (QED) is 0.130. The van der Waals surface area contributed by atoms with E-state index in [-0.39, 0.29) is 55.6 Å². The first kappa shape index (κ1) is 45.9. The summed E-state index contributed by atoms with van der Waals surface area (Å²) in [5.74, 6) is -8.41. The molecule has 2 aliphatic heterocycles. The molecule has 1 aliphatic carbocycles. The molecule has 308 valence electrons. The predicted octanol–water partition coefficient (Wildman–Crippen LogP) is 4.83. The number of fused-ring (bicyclic) bond motifs is 1. The zero-order valence-electron chi connectivity index (χ0n) is 34.0. The topological polar surface area (TPSA) is 180 Å². The second-order valence-electron chi connectivity index (χ2n) is 16.7. The molecular weight excluding hydrogens is 694 g/mol. The number of ether oxygens (including phenoxy) is 3. The minimum atomic E-state index is -3.02. The number of esters is 1. The Balaban J connectivity index is 2.04. The molecule has 1 saturated carbocycles. The summed E-state index contributed by atoms with van der Waals surface area (Å²) in [6, 6.07) is -1.16. The maximum atomic E-state index is 14.1. The number of methoxy groups -OCH3 is 2. The molecule has 12 heteroatoms. The van der Waals surface area contributed by atoms with Gasteiger partial charge in [-0.2, -0.15) is 0 Å². The van der Waals surface area contributed by atoms with Crippen LogP contribution in [0.15, 0.2) is 23.3 Å². The number of allylic oxidation sites excluding steroid dienone is 3. The fourth-order valence-electron chi connectivity index (χ4n) is 8.59. The molecule has 12 nitrogen and oxygen atoms in total. The molecule has 9 atom stereocenters. The van der Waals surface area contributed by atoms with Gasteiger partial charge in [-0.1, -0.05) is 45.4 Å². The predicted molar refractivity (Wildman–Crippen MR) is 204 cm³/mol. The maximum absolute atomic E-state index is 14.1. The van der Waals surface area contributed by atoms with Crippen molar-refractivity contribution in [3.8, 4) is 0 Å². The van der Waals surface area contributed by atoms with Crippen molar-refractivity contribution in [1.29, 1.82) is 0 Å². The number of amides is 1. The highest BCUT2D eigenvalue weighted by Crippen LogP contribution is 2.33. The number of aliphatic hydroxyl groups excluding tert-OH is 2. The molecule has 0 bridgehead atoms. The Morgan fingerprint density at radius 1 is 0.926 bits per heavy atom. The van der Waals surface area contributed by atoms with Gasteiger partial charge in [0.05, 0.1) is 24.4 Å². The van der Waals surface area contributed by atoms with Gasteiger partial charge in [-0.05, 0) is 108 Å². The number of cyclic esters (lactones) is 1. The third kappa shape index (κ3) is 12.5. The normalized spacial score (nSPS) is 37.6. The summed E-state index contributed by atoms with van der Waals surface area (Å²) < 4.78 is 17.7. The van der Waals surface area contributed by atoms with Crippen molar-refractivity contribution in [2.45, 2.75) is 167 Å². The van der Waals surface area contributed by atoms with Crippen molar-refractivity contribution < 1.29 is 53.8 Å². The van der Waals surface area contributed by atoms with Gasteiger partial charge in [0.25, 0.3) is 11.7 Å². The highest BCUT2D eigenvalue weighted by atomic mass is 16.5. The Hall–Kier alpha value is -2.48. The molecule has 4 N–H and O–H groups in total. The molecule has 0 unspecified atom stereocenters. The van der Waals surface area contributed by atoms with Crippen molar-refractivity contribution in [2.75, 3.05) is 20.8 Å². The molecule has 3 rings (SSSR count). The van der Waals surface area contributed by atoms with Crippen molar-refractivity contribution in [3.63, 3.8) is 0 Å². The largest absolute Gasteiger partial charge is 0.456 e. The van der Waals surface area contributed by atoms with Crippen LogP contribution in [0.25, 0.3) is 0 Å². The van der Waals surface area contributed by atoms with Gasteiger partial charge in [-0.3, -0.25) is 14.4 Å². The van der Waals surface area contributed by atoms with E-state index >= 15 is 0 Å². The second kappa shape index (κ2) is 21.2. The molecule has 2 heterocycles. The van der Waals surface area contributed by atoms with Crippen LogP contribution < -0.4 is 0 Å².